The highest BCUT2D eigenvalue weighted by atomic mass is 16.6. The monoisotopic (exact) mass is 569 g/mol. The molecule has 8 aliphatic rings. The van der Waals surface area contributed by atoms with Gasteiger partial charge in [-0.15, -0.1) is 0 Å². The van der Waals surface area contributed by atoms with Crippen molar-refractivity contribution >= 4 is 11.9 Å². The summed E-state index contributed by atoms with van der Waals surface area (Å²) in [5, 5.41) is 10.9. The molecule has 5 fully saturated rings. The third-order valence-electron chi connectivity index (χ3n) is 14.1. The number of ether oxygens (including phenoxy) is 1. The Kier molecular flexibility index (Phi) is 5.86. The maximum atomic E-state index is 14.7. The summed E-state index contributed by atoms with van der Waals surface area (Å²) in [6, 6.07) is 10.2. The Morgan fingerprint density at radius 3 is 2.43 bits per heavy atom. The molecule has 1 aromatic carbocycles. The van der Waals surface area contributed by atoms with Gasteiger partial charge in [0.2, 0.25) is 0 Å². The third kappa shape index (κ3) is 3.35. The number of nitrogens with zero attached hydrogens (tertiary/aromatic N) is 1. The molecule has 3 spiro atoms. The van der Waals surface area contributed by atoms with Gasteiger partial charge in [-0.25, -0.2) is 4.79 Å². The molecule has 9 rings (SSSR count). The van der Waals surface area contributed by atoms with E-state index in [1.807, 2.05) is 23.1 Å². The van der Waals surface area contributed by atoms with Crippen LogP contribution in [0, 0.1) is 39.4 Å². The van der Waals surface area contributed by atoms with Crippen molar-refractivity contribution in [2.45, 2.75) is 109 Å². The van der Waals surface area contributed by atoms with Gasteiger partial charge in [-0.1, -0.05) is 81.7 Å². The van der Waals surface area contributed by atoms with E-state index in [1.165, 1.54) is 6.42 Å². The van der Waals surface area contributed by atoms with Crippen molar-refractivity contribution in [2.24, 2.45) is 39.4 Å². The van der Waals surface area contributed by atoms with Gasteiger partial charge in [0.15, 0.2) is 5.78 Å². The van der Waals surface area contributed by atoms with E-state index in [4.69, 9.17) is 4.74 Å². The van der Waals surface area contributed by atoms with Crippen LogP contribution < -0.4 is 0 Å². The molecule has 1 heterocycles. The summed E-state index contributed by atoms with van der Waals surface area (Å²) in [4.78, 5) is 30.1. The zero-order valence-corrected chi connectivity index (χ0v) is 25.4. The Balaban J connectivity index is 1.21. The fourth-order valence-corrected chi connectivity index (χ4v) is 11.9. The average Bonchev–Trinajstić information content (AvgIpc) is 3.47. The SMILES string of the molecule is C[C@]12CC[C@H]3[C@]4(C=C[C@@]5(C=C4C(=O)C4CCCCC4)C[C@@H](O)CC[C@]35C)[C@@H]1CC[C@@]21CN(Cc2ccccc2)C(=O)O1. The quantitative estimate of drug-likeness (QED) is 0.384. The van der Waals surface area contributed by atoms with Crippen LogP contribution in [0.4, 0.5) is 4.79 Å². The van der Waals surface area contributed by atoms with Crippen molar-refractivity contribution in [3.8, 4) is 0 Å². The molecule has 5 heteroatoms. The van der Waals surface area contributed by atoms with Crippen LogP contribution in [0.3, 0.4) is 0 Å². The molecule has 2 bridgehead atoms. The number of rotatable bonds is 4. The minimum absolute atomic E-state index is 0.0279. The highest BCUT2D eigenvalue weighted by Crippen LogP contribution is 2.79. The van der Waals surface area contributed by atoms with Gasteiger partial charge >= 0.3 is 6.09 Å². The van der Waals surface area contributed by atoms with E-state index in [0.29, 0.717) is 24.8 Å². The van der Waals surface area contributed by atoms with Gasteiger partial charge in [-0.05, 0) is 80.6 Å². The van der Waals surface area contributed by atoms with Crippen LogP contribution in [0.2, 0.25) is 0 Å². The smallest absolute Gasteiger partial charge is 0.410 e. The predicted octanol–water partition coefficient (Wildman–Crippen LogP) is 7.39. The highest BCUT2D eigenvalue weighted by Gasteiger charge is 2.76. The van der Waals surface area contributed by atoms with Gasteiger partial charge < -0.3 is 9.84 Å². The molecule has 7 aliphatic carbocycles. The van der Waals surface area contributed by atoms with Crippen LogP contribution in [0.1, 0.15) is 96.5 Å². The number of amides is 1. The molecular formula is C37H47NO4. The predicted molar refractivity (Wildman–Crippen MR) is 161 cm³/mol. The molecule has 1 saturated heterocycles. The largest absolute Gasteiger partial charge is 0.440 e. The van der Waals surface area contributed by atoms with Gasteiger partial charge in [0.1, 0.15) is 5.60 Å². The number of aliphatic hydroxyl groups excluding tert-OH is 1. The van der Waals surface area contributed by atoms with Crippen molar-refractivity contribution in [1.82, 2.24) is 4.90 Å². The molecule has 0 radical (unpaired) electrons. The number of benzene rings is 1. The van der Waals surface area contributed by atoms with Crippen LogP contribution in [-0.2, 0) is 16.1 Å². The summed E-state index contributed by atoms with van der Waals surface area (Å²) in [7, 11) is 0. The number of ketones is 1. The molecule has 1 N–H and O–H groups in total. The Hall–Kier alpha value is -2.40. The van der Waals surface area contributed by atoms with Crippen LogP contribution in [0.25, 0.3) is 0 Å². The minimum Gasteiger partial charge on any atom is -0.440 e. The van der Waals surface area contributed by atoms with Crippen molar-refractivity contribution in [3.63, 3.8) is 0 Å². The van der Waals surface area contributed by atoms with Gasteiger partial charge in [0.25, 0.3) is 0 Å². The lowest BCUT2D eigenvalue weighted by atomic mass is 9.32. The van der Waals surface area contributed by atoms with Gasteiger partial charge in [0, 0.05) is 34.3 Å². The first-order valence-corrected chi connectivity index (χ1v) is 16.8. The molecule has 1 aromatic rings. The molecule has 1 aliphatic heterocycles. The van der Waals surface area contributed by atoms with Crippen molar-refractivity contribution in [1.29, 1.82) is 0 Å². The molecule has 224 valence electrons. The minimum atomic E-state index is -0.522. The standard InChI is InChI=1S/C37H47NO4/c1-33-16-13-27(39)21-35(33)19-20-37(28(22-35)31(40)26-11-7-4-8-12-26)29(33)14-17-34(2)30(37)15-18-36(34)24-38(32(41)42-36)23-25-9-5-3-6-10-25/h3,5-6,9-10,19-20,22,26-27,29-30,39H,4,7-8,11-18,21,23-24H2,1-2H3/t27-,29+,30+,33+,34-,35-,36+,37+/m0/s1. The zero-order valence-electron chi connectivity index (χ0n) is 25.4. The molecule has 42 heavy (non-hydrogen) atoms. The fraction of sp³-hybridized carbons (Fsp3) is 0.676. The number of Topliss-reactive ketones (excluding diaryl/α,β-unsaturated/α-hetero) is 1. The Morgan fingerprint density at radius 2 is 1.64 bits per heavy atom. The molecule has 4 saturated carbocycles. The van der Waals surface area contributed by atoms with Crippen LogP contribution in [0.5, 0.6) is 0 Å². The number of hydrogen-bond donors (Lipinski definition) is 1. The van der Waals surface area contributed by atoms with E-state index in [-0.39, 0.29) is 45.7 Å². The average molecular weight is 570 g/mol. The van der Waals surface area contributed by atoms with Gasteiger partial charge in [-0.3, -0.25) is 9.69 Å². The Labute approximate surface area is 250 Å². The maximum Gasteiger partial charge on any atom is 0.410 e. The van der Waals surface area contributed by atoms with E-state index >= 15 is 0 Å². The summed E-state index contributed by atoms with van der Waals surface area (Å²) < 4.78 is 6.53. The number of carbonyl (C=O) groups excluding carboxylic acids is 2. The fourth-order valence-electron chi connectivity index (χ4n) is 11.9. The molecule has 1 amide bonds. The van der Waals surface area contributed by atoms with Crippen molar-refractivity contribution in [2.75, 3.05) is 6.54 Å². The lowest BCUT2D eigenvalue weighted by Crippen LogP contribution is -2.67. The summed E-state index contributed by atoms with van der Waals surface area (Å²) in [5.41, 5.74) is 0.944. The lowest BCUT2D eigenvalue weighted by molar-refractivity contribution is -0.169. The molecule has 5 nitrogen and oxygen atoms in total. The maximum absolute atomic E-state index is 14.7. The first-order valence-electron chi connectivity index (χ1n) is 16.8. The van der Waals surface area contributed by atoms with Crippen LogP contribution in [0.15, 0.2) is 54.1 Å². The summed E-state index contributed by atoms with van der Waals surface area (Å²) in [5.74, 6) is 1.15. The van der Waals surface area contributed by atoms with Crippen LogP contribution >= 0.6 is 0 Å². The molecular weight excluding hydrogens is 522 g/mol. The van der Waals surface area contributed by atoms with Crippen molar-refractivity contribution < 1.29 is 19.4 Å². The number of aliphatic hydroxyl groups is 1. The van der Waals surface area contributed by atoms with Crippen LogP contribution in [-0.4, -0.2) is 40.1 Å². The van der Waals surface area contributed by atoms with Gasteiger partial charge in [-0.2, -0.15) is 0 Å². The molecule has 0 unspecified atom stereocenters. The highest BCUT2D eigenvalue weighted by molar-refractivity contribution is 6.00. The summed E-state index contributed by atoms with van der Waals surface area (Å²) in [6.07, 6.45) is 18.8. The number of carbonyl (C=O) groups is 2. The first kappa shape index (κ1) is 27.2. The lowest BCUT2D eigenvalue weighted by Gasteiger charge is -2.71. The summed E-state index contributed by atoms with van der Waals surface area (Å²) in [6.45, 7) is 6.07. The first-order chi connectivity index (χ1) is 20.2. The molecule has 8 atom stereocenters. The second kappa shape index (κ2) is 9.06. The van der Waals surface area contributed by atoms with E-state index in [1.54, 1.807) is 0 Å². The number of hydrogen-bond acceptors (Lipinski definition) is 4. The third-order valence-corrected chi connectivity index (χ3v) is 14.1. The topological polar surface area (TPSA) is 66.8 Å². The normalized spacial score (nSPS) is 45.8. The molecule has 0 aromatic heterocycles. The Morgan fingerprint density at radius 1 is 0.929 bits per heavy atom. The van der Waals surface area contributed by atoms with E-state index in [9.17, 15) is 14.7 Å². The number of fused-ring (bicyclic) bond motifs is 2. The van der Waals surface area contributed by atoms with Crippen molar-refractivity contribution in [3.05, 3.63) is 59.7 Å². The zero-order chi connectivity index (χ0) is 29.0. The Bertz CT molecular complexity index is 1360. The second-order valence-electron chi connectivity index (χ2n) is 15.7. The van der Waals surface area contributed by atoms with E-state index < -0.39 is 5.60 Å². The van der Waals surface area contributed by atoms with E-state index in [0.717, 1.165) is 81.8 Å². The summed E-state index contributed by atoms with van der Waals surface area (Å²) >= 11 is 0. The van der Waals surface area contributed by atoms with Gasteiger partial charge in [0.05, 0.1) is 12.6 Å². The second-order valence-corrected chi connectivity index (χ2v) is 15.7. The van der Waals surface area contributed by atoms with E-state index in [2.05, 4.69) is 44.2 Å². The number of allylic oxidation sites excluding steroid dienone is 4.